The van der Waals surface area contributed by atoms with Crippen LogP contribution in [0, 0.1) is 17.5 Å². The SMILES string of the molecule is CC(C)(C)OC[C@H](NCCc1cc(F)c(-n2c(N)c(C(=O)c3ccc(F)cc3)ccc2=O)c(F)c1)C(=O)OC1CCCC1. The standard InChI is InChI=1S/C32H36F3N3O5/c1-32(2,3)42-18-26(31(41)43-22-6-4-5-7-22)37-15-14-19-16-24(34)28(25(35)17-19)38-27(39)13-12-23(30(38)36)29(40)20-8-10-21(33)11-9-20/h8-13,16-17,22,26,37H,4-7,14-15,18,36H2,1-3H3/t26-/m0/s1. The van der Waals surface area contributed by atoms with E-state index in [1.807, 2.05) is 20.8 Å². The van der Waals surface area contributed by atoms with Crippen LogP contribution in [0.1, 0.15) is 67.9 Å². The lowest BCUT2D eigenvalue weighted by Gasteiger charge is -2.25. The number of hydrogen-bond acceptors (Lipinski definition) is 7. The van der Waals surface area contributed by atoms with Gasteiger partial charge in [-0.2, -0.15) is 0 Å². The number of ketones is 1. The highest BCUT2D eigenvalue weighted by atomic mass is 19.1. The summed E-state index contributed by atoms with van der Waals surface area (Å²) < 4.78 is 56.0. The Kier molecular flexibility index (Phi) is 10.1. The van der Waals surface area contributed by atoms with Crippen LogP contribution in [0.5, 0.6) is 0 Å². The molecule has 0 spiro atoms. The average Bonchev–Trinajstić information content (AvgIpc) is 3.44. The Morgan fingerprint density at radius 3 is 2.26 bits per heavy atom. The zero-order valence-corrected chi connectivity index (χ0v) is 24.4. The predicted molar refractivity (Wildman–Crippen MR) is 156 cm³/mol. The van der Waals surface area contributed by atoms with E-state index in [1.54, 1.807) is 0 Å². The number of nitrogens with two attached hydrogens (primary N) is 1. The van der Waals surface area contributed by atoms with E-state index in [0.717, 1.165) is 62.1 Å². The summed E-state index contributed by atoms with van der Waals surface area (Å²) in [6.07, 6.45) is 3.68. The van der Waals surface area contributed by atoms with Gasteiger partial charge >= 0.3 is 5.97 Å². The minimum Gasteiger partial charge on any atom is -0.461 e. The van der Waals surface area contributed by atoms with Gasteiger partial charge in [-0.15, -0.1) is 0 Å². The lowest BCUT2D eigenvalue weighted by Crippen LogP contribution is -2.45. The maximum atomic E-state index is 15.4. The molecule has 1 aromatic heterocycles. The molecule has 0 saturated heterocycles. The number of rotatable bonds is 11. The van der Waals surface area contributed by atoms with E-state index in [-0.39, 0.29) is 42.4 Å². The lowest BCUT2D eigenvalue weighted by atomic mass is 10.0. The number of carbonyl (C=O) groups excluding carboxylic acids is 2. The maximum Gasteiger partial charge on any atom is 0.325 e. The molecule has 1 aliphatic carbocycles. The molecule has 3 aromatic rings. The Morgan fingerprint density at radius 2 is 1.65 bits per heavy atom. The highest BCUT2D eigenvalue weighted by molar-refractivity contribution is 6.11. The van der Waals surface area contributed by atoms with Crippen molar-refractivity contribution in [3.8, 4) is 5.69 Å². The third-order valence-corrected chi connectivity index (χ3v) is 7.14. The normalized spacial score (nSPS) is 14.6. The summed E-state index contributed by atoms with van der Waals surface area (Å²) in [6, 6.07) is 8.16. The molecule has 0 amide bonds. The molecule has 1 fully saturated rings. The quantitative estimate of drug-likeness (QED) is 0.239. The molecule has 0 bridgehead atoms. The van der Waals surface area contributed by atoms with Crippen LogP contribution < -0.4 is 16.6 Å². The van der Waals surface area contributed by atoms with Crippen molar-refractivity contribution in [2.75, 3.05) is 18.9 Å². The molecule has 1 saturated carbocycles. The molecule has 0 aliphatic heterocycles. The van der Waals surface area contributed by atoms with E-state index in [0.29, 0.717) is 4.57 Å². The molecular formula is C32H36F3N3O5. The summed E-state index contributed by atoms with van der Waals surface area (Å²) in [4.78, 5) is 38.5. The minimum absolute atomic E-state index is 0.0614. The Morgan fingerprint density at radius 1 is 1.02 bits per heavy atom. The van der Waals surface area contributed by atoms with Gasteiger partial charge in [0.25, 0.3) is 5.56 Å². The van der Waals surface area contributed by atoms with Crippen LogP contribution in [0.25, 0.3) is 5.69 Å². The minimum atomic E-state index is -1.07. The zero-order chi connectivity index (χ0) is 31.3. The van der Waals surface area contributed by atoms with Crippen LogP contribution in [0.15, 0.2) is 53.3 Å². The smallest absolute Gasteiger partial charge is 0.325 e. The molecule has 4 rings (SSSR count). The van der Waals surface area contributed by atoms with Gasteiger partial charge in [0.05, 0.1) is 17.8 Å². The fourth-order valence-corrected chi connectivity index (χ4v) is 4.90. The number of nitrogens with one attached hydrogen (secondary N) is 1. The molecular weight excluding hydrogens is 563 g/mol. The van der Waals surface area contributed by atoms with E-state index in [1.165, 1.54) is 12.1 Å². The number of ether oxygens (including phenoxy) is 2. The molecule has 1 heterocycles. The third-order valence-electron chi connectivity index (χ3n) is 7.14. The Labute approximate surface area is 248 Å². The monoisotopic (exact) mass is 599 g/mol. The molecule has 3 N–H and O–H groups in total. The second-order valence-electron chi connectivity index (χ2n) is 11.6. The summed E-state index contributed by atoms with van der Waals surface area (Å²) in [5.41, 5.74) is 4.19. The summed E-state index contributed by atoms with van der Waals surface area (Å²) in [7, 11) is 0. The van der Waals surface area contributed by atoms with Crippen molar-refractivity contribution in [3.63, 3.8) is 0 Å². The number of hydrogen-bond donors (Lipinski definition) is 2. The number of benzene rings is 2. The van der Waals surface area contributed by atoms with Crippen LogP contribution >= 0.6 is 0 Å². The van der Waals surface area contributed by atoms with E-state index >= 15 is 8.78 Å². The van der Waals surface area contributed by atoms with Crippen molar-refractivity contribution in [1.29, 1.82) is 0 Å². The maximum absolute atomic E-state index is 15.4. The van der Waals surface area contributed by atoms with Gasteiger partial charge in [-0.3, -0.25) is 19.0 Å². The number of esters is 1. The first-order chi connectivity index (χ1) is 20.3. The van der Waals surface area contributed by atoms with Gasteiger partial charge in [0.2, 0.25) is 0 Å². The van der Waals surface area contributed by atoms with Crippen molar-refractivity contribution >= 4 is 17.6 Å². The first-order valence-electron chi connectivity index (χ1n) is 14.2. The molecule has 1 atom stereocenters. The number of carbonyl (C=O) groups is 2. The van der Waals surface area contributed by atoms with Gasteiger partial charge in [0.1, 0.15) is 29.5 Å². The Bertz CT molecular complexity index is 1500. The number of pyridine rings is 1. The Balaban J connectivity index is 1.51. The molecule has 11 heteroatoms. The first kappa shape index (κ1) is 32.0. The van der Waals surface area contributed by atoms with Crippen molar-refractivity contribution in [1.82, 2.24) is 9.88 Å². The Hall–Kier alpha value is -3.96. The van der Waals surface area contributed by atoms with Crippen LogP contribution in [-0.2, 0) is 20.7 Å². The van der Waals surface area contributed by atoms with Gasteiger partial charge in [-0.1, -0.05) is 0 Å². The molecule has 2 aromatic carbocycles. The van der Waals surface area contributed by atoms with E-state index in [9.17, 15) is 18.8 Å². The molecule has 43 heavy (non-hydrogen) atoms. The van der Waals surface area contributed by atoms with Gasteiger partial charge in [0.15, 0.2) is 17.4 Å². The molecule has 1 aliphatic rings. The number of anilines is 1. The molecule has 8 nitrogen and oxygen atoms in total. The molecule has 0 unspecified atom stereocenters. The number of halogens is 3. The summed E-state index contributed by atoms with van der Waals surface area (Å²) >= 11 is 0. The number of nitrogen functional groups attached to an aromatic ring is 1. The fourth-order valence-electron chi connectivity index (χ4n) is 4.90. The topological polar surface area (TPSA) is 113 Å². The molecule has 0 radical (unpaired) electrons. The number of nitrogens with zero attached hydrogens (tertiary/aromatic N) is 1. The average molecular weight is 600 g/mol. The second kappa shape index (κ2) is 13.6. The highest BCUT2D eigenvalue weighted by Gasteiger charge is 2.27. The van der Waals surface area contributed by atoms with E-state index in [2.05, 4.69) is 5.32 Å². The van der Waals surface area contributed by atoms with Crippen molar-refractivity contribution in [2.24, 2.45) is 0 Å². The predicted octanol–water partition coefficient (Wildman–Crippen LogP) is 4.87. The first-order valence-corrected chi connectivity index (χ1v) is 14.2. The van der Waals surface area contributed by atoms with Crippen LogP contribution in [-0.4, -0.2) is 47.2 Å². The largest absolute Gasteiger partial charge is 0.461 e. The van der Waals surface area contributed by atoms with Gasteiger partial charge < -0.3 is 20.5 Å². The fraction of sp³-hybridized carbons (Fsp3) is 0.406. The third kappa shape index (κ3) is 8.11. The van der Waals surface area contributed by atoms with Crippen molar-refractivity contribution in [3.05, 3.63) is 93.0 Å². The van der Waals surface area contributed by atoms with Gasteiger partial charge in [0, 0.05) is 18.2 Å². The van der Waals surface area contributed by atoms with E-state index < -0.39 is 57.9 Å². The lowest BCUT2D eigenvalue weighted by molar-refractivity contribution is -0.154. The van der Waals surface area contributed by atoms with Crippen molar-refractivity contribution in [2.45, 2.75) is 70.6 Å². The van der Waals surface area contributed by atoms with Crippen LogP contribution in [0.2, 0.25) is 0 Å². The number of aromatic nitrogens is 1. The second-order valence-corrected chi connectivity index (χ2v) is 11.6. The summed E-state index contributed by atoms with van der Waals surface area (Å²) in [6.45, 7) is 5.84. The van der Waals surface area contributed by atoms with Crippen molar-refractivity contribution < 1.29 is 32.2 Å². The van der Waals surface area contributed by atoms with Gasteiger partial charge in [-0.25, -0.2) is 13.2 Å². The summed E-state index contributed by atoms with van der Waals surface area (Å²) in [5.74, 6) is -4.23. The van der Waals surface area contributed by atoms with Gasteiger partial charge in [-0.05, 0) is 101 Å². The van der Waals surface area contributed by atoms with E-state index in [4.69, 9.17) is 15.2 Å². The highest BCUT2D eigenvalue weighted by Crippen LogP contribution is 2.25. The summed E-state index contributed by atoms with van der Waals surface area (Å²) in [5, 5.41) is 3.08. The van der Waals surface area contributed by atoms with Crippen LogP contribution in [0.4, 0.5) is 19.0 Å². The van der Waals surface area contributed by atoms with Crippen LogP contribution in [0.3, 0.4) is 0 Å². The molecule has 230 valence electrons. The zero-order valence-electron chi connectivity index (χ0n) is 24.4.